The van der Waals surface area contributed by atoms with E-state index in [1.807, 2.05) is 37.3 Å². The minimum absolute atomic E-state index is 0.596. The molecule has 0 aliphatic carbocycles. The van der Waals surface area contributed by atoms with Gasteiger partial charge in [0.2, 0.25) is 6.41 Å². The van der Waals surface area contributed by atoms with Crippen LogP contribution in [-0.4, -0.2) is 31.3 Å². The molecule has 0 unspecified atom stereocenters. The SMILES string of the molecule is Cc1ccc(NC=O)cc1Nc1ncccc1-c1ncnc2nc[nH]c12. The Bertz CT molecular complexity index is 1090. The van der Waals surface area contributed by atoms with Crippen molar-refractivity contribution in [1.29, 1.82) is 0 Å². The molecule has 0 spiro atoms. The van der Waals surface area contributed by atoms with Gasteiger partial charge in [0, 0.05) is 23.1 Å². The van der Waals surface area contributed by atoms with Gasteiger partial charge in [0.25, 0.3) is 0 Å². The average Bonchev–Trinajstić information content (AvgIpc) is 3.14. The van der Waals surface area contributed by atoms with Gasteiger partial charge in [-0.2, -0.15) is 0 Å². The summed E-state index contributed by atoms with van der Waals surface area (Å²) in [5.41, 5.74) is 5.43. The van der Waals surface area contributed by atoms with Crippen LogP contribution in [0.25, 0.3) is 22.4 Å². The molecule has 3 aromatic heterocycles. The minimum atomic E-state index is 0.596. The number of aryl methyl sites for hydroxylation is 1. The fourth-order valence-corrected chi connectivity index (χ4v) is 2.71. The number of anilines is 3. The lowest BCUT2D eigenvalue weighted by Crippen LogP contribution is -2.01. The number of hydrogen-bond acceptors (Lipinski definition) is 6. The zero-order valence-electron chi connectivity index (χ0n) is 13.9. The van der Waals surface area contributed by atoms with E-state index in [0.29, 0.717) is 29.3 Å². The van der Waals surface area contributed by atoms with Crippen LogP contribution in [0.1, 0.15) is 5.56 Å². The van der Waals surface area contributed by atoms with Crippen molar-refractivity contribution in [3.05, 3.63) is 54.7 Å². The molecule has 0 aliphatic heterocycles. The Morgan fingerprint density at radius 1 is 1.12 bits per heavy atom. The monoisotopic (exact) mass is 345 g/mol. The van der Waals surface area contributed by atoms with Gasteiger partial charge in [-0.3, -0.25) is 4.79 Å². The van der Waals surface area contributed by atoms with Crippen molar-refractivity contribution in [2.24, 2.45) is 0 Å². The molecule has 0 saturated carbocycles. The van der Waals surface area contributed by atoms with E-state index in [9.17, 15) is 4.79 Å². The van der Waals surface area contributed by atoms with E-state index in [2.05, 4.69) is 35.6 Å². The number of imidazole rings is 1. The second-order valence-electron chi connectivity index (χ2n) is 5.64. The molecule has 128 valence electrons. The van der Waals surface area contributed by atoms with Crippen LogP contribution in [-0.2, 0) is 4.79 Å². The lowest BCUT2D eigenvalue weighted by Gasteiger charge is -2.14. The molecule has 4 rings (SSSR count). The predicted molar refractivity (Wildman–Crippen MR) is 99.1 cm³/mol. The van der Waals surface area contributed by atoms with Crippen molar-refractivity contribution >= 4 is 34.8 Å². The van der Waals surface area contributed by atoms with Gasteiger partial charge in [0.05, 0.1) is 6.33 Å². The molecule has 0 radical (unpaired) electrons. The van der Waals surface area contributed by atoms with E-state index in [1.165, 1.54) is 6.33 Å². The number of fused-ring (bicyclic) bond motifs is 1. The molecule has 0 aliphatic rings. The van der Waals surface area contributed by atoms with Crippen molar-refractivity contribution in [1.82, 2.24) is 24.9 Å². The first-order chi connectivity index (χ1) is 12.8. The smallest absolute Gasteiger partial charge is 0.211 e. The zero-order chi connectivity index (χ0) is 17.9. The molecule has 26 heavy (non-hydrogen) atoms. The van der Waals surface area contributed by atoms with Crippen LogP contribution >= 0.6 is 0 Å². The number of rotatable bonds is 5. The van der Waals surface area contributed by atoms with Crippen molar-refractivity contribution in [2.45, 2.75) is 6.92 Å². The van der Waals surface area contributed by atoms with E-state index in [-0.39, 0.29) is 0 Å². The summed E-state index contributed by atoms with van der Waals surface area (Å²) in [6.45, 7) is 1.98. The van der Waals surface area contributed by atoms with Crippen molar-refractivity contribution in [2.75, 3.05) is 10.6 Å². The van der Waals surface area contributed by atoms with Crippen LogP contribution in [0, 0.1) is 6.92 Å². The number of nitrogens with one attached hydrogen (secondary N) is 3. The fourth-order valence-electron chi connectivity index (χ4n) is 2.71. The van der Waals surface area contributed by atoms with Crippen molar-refractivity contribution in [3.8, 4) is 11.3 Å². The fraction of sp³-hybridized carbons (Fsp3) is 0.0556. The van der Waals surface area contributed by atoms with Gasteiger partial charge in [0.15, 0.2) is 5.65 Å². The van der Waals surface area contributed by atoms with Gasteiger partial charge >= 0.3 is 0 Å². The molecule has 0 atom stereocenters. The number of aromatic nitrogens is 5. The summed E-state index contributed by atoms with van der Waals surface area (Å²) in [4.78, 5) is 31.0. The quantitative estimate of drug-likeness (QED) is 0.480. The number of H-pyrrole nitrogens is 1. The zero-order valence-corrected chi connectivity index (χ0v) is 13.9. The van der Waals surface area contributed by atoms with Gasteiger partial charge in [-0.1, -0.05) is 6.07 Å². The number of carbonyl (C=O) groups excluding carboxylic acids is 1. The van der Waals surface area contributed by atoms with Gasteiger partial charge in [-0.25, -0.2) is 19.9 Å². The van der Waals surface area contributed by atoms with Gasteiger partial charge in [-0.15, -0.1) is 0 Å². The van der Waals surface area contributed by atoms with Gasteiger partial charge < -0.3 is 15.6 Å². The number of aromatic amines is 1. The van der Waals surface area contributed by atoms with Crippen LogP contribution in [0.4, 0.5) is 17.2 Å². The number of benzene rings is 1. The molecule has 3 heterocycles. The molecule has 0 saturated heterocycles. The summed E-state index contributed by atoms with van der Waals surface area (Å²) in [7, 11) is 0. The third-order valence-corrected chi connectivity index (χ3v) is 4.00. The average molecular weight is 345 g/mol. The highest BCUT2D eigenvalue weighted by atomic mass is 16.1. The first-order valence-corrected chi connectivity index (χ1v) is 7.93. The Hall–Kier alpha value is -3.81. The Morgan fingerprint density at radius 2 is 2.04 bits per heavy atom. The highest BCUT2D eigenvalue weighted by Gasteiger charge is 2.14. The Kier molecular flexibility index (Phi) is 3.98. The molecular formula is C18H15N7O. The molecule has 4 aromatic rings. The third kappa shape index (κ3) is 2.84. The first-order valence-electron chi connectivity index (χ1n) is 7.93. The number of amides is 1. The van der Waals surface area contributed by atoms with E-state index < -0.39 is 0 Å². The van der Waals surface area contributed by atoms with E-state index in [4.69, 9.17) is 0 Å². The normalized spacial score (nSPS) is 10.7. The standard InChI is InChI=1S/C18H15N7O/c1-11-4-5-12(24-10-26)7-14(11)25-17-13(3-2-6-19-17)15-16-18(22-8-20-15)23-9-21-16/h2-10H,1H3,(H,19,25)(H,24,26)(H,20,21,22,23). The predicted octanol–water partition coefficient (Wildman–Crippen LogP) is 3.04. The summed E-state index contributed by atoms with van der Waals surface area (Å²) < 4.78 is 0. The number of pyridine rings is 1. The van der Waals surface area contributed by atoms with Crippen molar-refractivity contribution in [3.63, 3.8) is 0 Å². The number of carbonyl (C=O) groups is 1. The summed E-state index contributed by atoms with van der Waals surface area (Å²) in [6.07, 6.45) is 5.43. The van der Waals surface area contributed by atoms with E-state index in [1.54, 1.807) is 12.5 Å². The Morgan fingerprint density at radius 3 is 2.92 bits per heavy atom. The van der Waals surface area contributed by atoms with Crippen LogP contribution in [0.3, 0.4) is 0 Å². The van der Waals surface area contributed by atoms with E-state index >= 15 is 0 Å². The maximum absolute atomic E-state index is 10.7. The number of hydrogen-bond donors (Lipinski definition) is 3. The lowest BCUT2D eigenvalue weighted by atomic mass is 10.1. The lowest BCUT2D eigenvalue weighted by molar-refractivity contribution is -0.105. The van der Waals surface area contributed by atoms with Crippen LogP contribution < -0.4 is 10.6 Å². The van der Waals surface area contributed by atoms with Crippen molar-refractivity contribution < 1.29 is 4.79 Å². The van der Waals surface area contributed by atoms with Crippen LogP contribution in [0.2, 0.25) is 0 Å². The first kappa shape index (κ1) is 15.7. The van der Waals surface area contributed by atoms with Crippen LogP contribution in [0.5, 0.6) is 0 Å². The maximum Gasteiger partial charge on any atom is 0.211 e. The highest BCUT2D eigenvalue weighted by Crippen LogP contribution is 2.31. The molecule has 8 heteroatoms. The third-order valence-electron chi connectivity index (χ3n) is 4.00. The molecule has 0 bridgehead atoms. The summed E-state index contributed by atoms with van der Waals surface area (Å²) in [6, 6.07) is 9.40. The molecule has 1 aromatic carbocycles. The number of nitrogens with zero attached hydrogens (tertiary/aromatic N) is 4. The maximum atomic E-state index is 10.7. The highest BCUT2D eigenvalue weighted by molar-refractivity contribution is 5.91. The van der Waals surface area contributed by atoms with Gasteiger partial charge in [0.1, 0.15) is 23.4 Å². The Balaban J connectivity index is 1.79. The molecule has 3 N–H and O–H groups in total. The molecular weight excluding hydrogens is 330 g/mol. The largest absolute Gasteiger partial charge is 0.341 e. The minimum Gasteiger partial charge on any atom is -0.341 e. The second-order valence-corrected chi connectivity index (χ2v) is 5.64. The molecule has 1 amide bonds. The summed E-state index contributed by atoms with van der Waals surface area (Å²) in [5.74, 6) is 0.647. The second kappa shape index (κ2) is 6.60. The van der Waals surface area contributed by atoms with Gasteiger partial charge in [-0.05, 0) is 36.8 Å². The summed E-state index contributed by atoms with van der Waals surface area (Å²) in [5, 5.41) is 5.99. The topological polar surface area (TPSA) is 108 Å². The van der Waals surface area contributed by atoms with Crippen LogP contribution in [0.15, 0.2) is 49.2 Å². The molecule has 0 fully saturated rings. The Labute approximate surface area is 148 Å². The summed E-state index contributed by atoms with van der Waals surface area (Å²) >= 11 is 0. The molecule has 8 nitrogen and oxygen atoms in total. The van der Waals surface area contributed by atoms with E-state index in [0.717, 1.165) is 22.3 Å².